The molecule has 6 nitrogen and oxygen atoms in total. The van der Waals surface area contributed by atoms with Gasteiger partial charge in [0.25, 0.3) is 5.91 Å². The van der Waals surface area contributed by atoms with E-state index >= 15 is 0 Å². The van der Waals surface area contributed by atoms with Gasteiger partial charge in [-0.1, -0.05) is 29.8 Å². The van der Waals surface area contributed by atoms with Gasteiger partial charge in [-0.2, -0.15) is 5.10 Å². The van der Waals surface area contributed by atoms with Crippen molar-refractivity contribution in [1.82, 2.24) is 24.5 Å². The molecule has 3 heterocycles. The van der Waals surface area contributed by atoms with Crippen molar-refractivity contribution in [3.05, 3.63) is 76.8 Å². The number of rotatable bonds is 4. The summed E-state index contributed by atoms with van der Waals surface area (Å²) in [5.41, 5.74) is 5.00. The van der Waals surface area contributed by atoms with E-state index in [0.717, 1.165) is 28.3 Å². The number of aromatic nitrogens is 4. The Morgan fingerprint density at radius 2 is 1.96 bits per heavy atom. The predicted octanol–water partition coefficient (Wildman–Crippen LogP) is 3.57. The molecule has 0 radical (unpaired) electrons. The Hall–Kier alpha value is -3.12. The van der Waals surface area contributed by atoms with E-state index in [4.69, 9.17) is 16.6 Å². The summed E-state index contributed by atoms with van der Waals surface area (Å²) in [6.45, 7) is 2.43. The molecule has 1 N–H and O–H groups in total. The number of hydrogen-bond donors (Lipinski definition) is 1. The Kier molecular flexibility index (Phi) is 4.41. The SMILES string of the molecule is CNC(=O)c1cc(C)n(Cc2c(-c3ccc(Cl)cc3)nc3ccccn23)n1. The monoisotopic (exact) mass is 379 g/mol. The minimum atomic E-state index is -0.201. The van der Waals surface area contributed by atoms with Crippen LogP contribution in [0.15, 0.2) is 54.7 Å². The molecular formula is C20H18ClN5O. The third-order valence-corrected chi connectivity index (χ3v) is 4.74. The number of fused-ring (bicyclic) bond motifs is 1. The summed E-state index contributed by atoms with van der Waals surface area (Å²) in [5.74, 6) is -0.201. The van der Waals surface area contributed by atoms with E-state index in [0.29, 0.717) is 17.3 Å². The Morgan fingerprint density at radius 3 is 2.70 bits per heavy atom. The summed E-state index contributed by atoms with van der Waals surface area (Å²) >= 11 is 6.04. The highest BCUT2D eigenvalue weighted by molar-refractivity contribution is 6.30. The fourth-order valence-corrected chi connectivity index (χ4v) is 3.21. The number of hydrogen-bond acceptors (Lipinski definition) is 3. The van der Waals surface area contributed by atoms with Crippen LogP contribution in [-0.2, 0) is 6.54 Å². The predicted molar refractivity (Wildman–Crippen MR) is 105 cm³/mol. The fraction of sp³-hybridized carbons (Fsp3) is 0.150. The number of amides is 1. The van der Waals surface area contributed by atoms with Gasteiger partial charge in [-0.3, -0.25) is 9.48 Å². The molecule has 0 saturated carbocycles. The summed E-state index contributed by atoms with van der Waals surface area (Å²) in [4.78, 5) is 16.7. The molecule has 0 fully saturated rings. The number of nitrogens with one attached hydrogen (secondary N) is 1. The minimum absolute atomic E-state index is 0.201. The van der Waals surface area contributed by atoms with Gasteiger partial charge in [0.2, 0.25) is 0 Å². The van der Waals surface area contributed by atoms with Crippen molar-refractivity contribution in [2.75, 3.05) is 7.05 Å². The van der Waals surface area contributed by atoms with E-state index < -0.39 is 0 Å². The summed E-state index contributed by atoms with van der Waals surface area (Å²) in [7, 11) is 1.60. The Morgan fingerprint density at radius 1 is 1.19 bits per heavy atom. The molecule has 4 aromatic rings. The van der Waals surface area contributed by atoms with Gasteiger partial charge in [0, 0.05) is 29.5 Å². The standard InChI is InChI=1S/C20H18ClN5O/c1-13-11-16(20(27)22-2)24-26(13)12-17-19(14-6-8-15(21)9-7-14)23-18-5-3-4-10-25(17)18/h3-11H,12H2,1-2H3,(H,22,27). The van der Waals surface area contributed by atoms with Gasteiger partial charge in [0.1, 0.15) is 11.3 Å². The molecule has 0 aliphatic rings. The molecule has 3 aromatic heterocycles. The van der Waals surface area contributed by atoms with Gasteiger partial charge in [-0.05, 0) is 37.3 Å². The second kappa shape index (κ2) is 6.89. The molecular weight excluding hydrogens is 362 g/mol. The first-order valence-electron chi connectivity index (χ1n) is 8.55. The number of imidazole rings is 1. The van der Waals surface area contributed by atoms with Crippen LogP contribution in [0.5, 0.6) is 0 Å². The van der Waals surface area contributed by atoms with Crippen LogP contribution in [0.25, 0.3) is 16.9 Å². The Bertz CT molecular complexity index is 1130. The van der Waals surface area contributed by atoms with Crippen LogP contribution in [0, 0.1) is 6.92 Å². The number of carbonyl (C=O) groups is 1. The first-order valence-corrected chi connectivity index (χ1v) is 8.93. The summed E-state index contributed by atoms with van der Waals surface area (Å²) in [6, 6.07) is 15.3. The Labute approximate surface area is 161 Å². The third kappa shape index (κ3) is 3.19. The molecule has 136 valence electrons. The highest BCUT2D eigenvalue weighted by Gasteiger charge is 2.17. The second-order valence-corrected chi connectivity index (χ2v) is 6.69. The number of carbonyl (C=O) groups excluding carboxylic acids is 1. The molecule has 7 heteroatoms. The lowest BCUT2D eigenvalue weighted by molar-refractivity contribution is 0.0957. The molecule has 27 heavy (non-hydrogen) atoms. The van der Waals surface area contributed by atoms with E-state index in [1.165, 1.54) is 0 Å². The number of halogens is 1. The number of pyridine rings is 1. The molecule has 0 aliphatic heterocycles. The maximum atomic E-state index is 11.9. The van der Waals surface area contributed by atoms with E-state index in [1.54, 1.807) is 13.1 Å². The van der Waals surface area contributed by atoms with Crippen molar-refractivity contribution in [2.45, 2.75) is 13.5 Å². The van der Waals surface area contributed by atoms with E-state index in [9.17, 15) is 4.79 Å². The highest BCUT2D eigenvalue weighted by atomic mass is 35.5. The molecule has 1 aromatic carbocycles. The van der Waals surface area contributed by atoms with Crippen LogP contribution in [0.2, 0.25) is 5.02 Å². The minimum Gasteiger partial charge on any atom is -0.354 e. The van der Waals surface area contributed by atoms with E-state index in [-0.39, 0.29) is 5.91 Å². The van der Waals surface area contributed by atoms with Crippen LogP contribution >= 0.6 is 11.6 Å². The summed E-state index contributed by atoms with van der Waals surface area (Å²) in [6.07, 6.45) is 1.98. The van der Waals surface area contributed by atoms with Crippen molar-refractivity contribution in [2.24, 2.45) is 0 Å². The topological polar surface area (TPSA) is 64.2 Å². The molecule has 0 bridgehead atoms. The van der Waals surface area contributed by atoms with Gasteiger partial charge < -0.3 is 9.72 Å². The van der Waals surface area contributed by atoms with Gasteiger partial charge in [0.05, 0.1) is 17.9 Å². The average Bonchev–Trinajstić information content (AvgIpc) is 3.23. The van der Waals surface area contributed by atoms with E-state index in [2.05, 4.69) is 10.4 Å². The first-order chi connectivity index (χ1) is 13.1. The summed E-state index contributed by atoms with van der Waals surface area (Å²) < 4.78 is 3.87. The molecule has 0 unspecified atom stereocenters. The fourth-order valence-electron chi connectivity index (χ4n) is 3.09. The van der Waals surface area contributed by atoms with Crippen LogP contribution < -0.4 is 5.32 Å². The Balaban J connectivity index is 1.83. The highest BCUT2D eigenvalue weighted by Crippen LogP contribution is 2.26. The van der Waals surface area contributed by atoms with Crippen molar-refractivity contribution >= 4 is 23.2 Å². The van der Waals surface area contributed by atoms with Crippen molar-refractivity contribution in [3.8, 4) is 11.3 Å². The maximum absolute atomic E-state index is 11.9. The lowest BCUT2D eigenvalue weighted by Gasteiger charge is -2.08. The lowest BCUT2D eigenvalue weighted by Crippen LogP contribution is -2.19. The number of aryl methyl sites for hydroxylation is 1. The van der Waals surface area contributed by atoms with Crippen molar-refractivity contribution in [1.29, 1.82) is 0 Å². The van der Waals surface area contributed by atoms with Crippen LogP contribution in [0.1, 0.15) is 21.9 Å². The maximum Gasteiger partial charge on any atom is 0.271 e. The zero-order chi connectivity index (χ0) is 19.0. The van der Waals surface area contributed by atoms with Crippen LogP contribution in [0.3, 0.4) is 0 Å². The molecule has 0 spiro atoms. The lowest BCUT2D eigenvalue weighted by atomic mass is 10.1. The van der Waals surface area contributed by atoms with Crippen molar-refractivity contribution in [3.63, 3.8) is 0 Å². The van der Waals surface area contributed by atoms with Crippen LogP contribution in [-0.4, -0.2) is 32.1 Å². The first kappa shape index (κ1) is 17.3. The van der Waals surface area contributed by atoms with E-state index in [1.807, 2.05) is 64.7 Å². The molecule has 0 saturated heterocycles. The largest absolute Gasteiger partial charge is 0.354 e. The van der Waals surface area contributed by atoms with Gasteiger partial charge in [-0.25, -0.2) is 4.98 Å². The quantitative estimate of drug-likeness (QED) is 0.589. The molecule has 0 atom stereocenters. The van der Waals surface area contributed by atoms with Gasteiger partial charge >= 0.3 is 0 Å². The van der Waals surface area contributed by atoms with Crippen LogP contribution in [0.4, 0.5) is 0 Å². The smallest absolute Gasteiger partial charge is 0.271 e. The zero-order valence-corrected chi connectivity index (χ0v) is 15.7. The van der Waals surface area contributed by atoms with Gasteiger partial charge in [0.15, 0.2) is 0 Å². The number of nitrogens with zero attached hydrogens (tertiary/aromatic N) is 4. The summed E-state index contributed by atoms with van der Waals surface area (Å²) in [5, 5.41) is 7.74. The number of benzene rings is 1. The third-order valence-electron chi connectivity index (χ3n) is 4.49. The molecule has 0 aliphatic carbocycles. The molecule has 1 amide bonds. The molecule has 4 rings (SSSR count). The van der Waals surface area contributed by atoms with Crippen molar-refractivity contribution < 1.29 is 4.79 Å². The zero-order valence-electron chi connectivity index (χ0n) is 15.0. The second-order valence-electron chi connectivity index (χ2n) is 6.25. The van der Waals surface area contributed by atoms with Gasteiger partial charge in [-0.15, -0.1) is 0 Å². The normalized spacial score (nSPS) is 11.1. The average molecular weight is 380 g/mol.